The average molecular weight is 792 g/mol. The third kappa shape index (κ3) is 14.1. The Hall–Kier alpha value is -4.74. The van der Waals surface area contributed by atoms with Crippen LogP contribution < -0.4 is 32.3 Å². The van der Waals surface area contributed by atoms with Crippen LogP contribution in [0.5, 0.6) is 5.75 Å². The second kappa shape index (κ2) is 20.3. The molecule has 3 rings (SSSR count). The molecular formula is C37H56ClN8O9+. The smallest absolute Gasteiger partial charge is 0.274 e. The number of aryl methyl sites for hydroxylation is 1. The number of nitrogens with one attached hydrogen (secondary N) is 5. The number of aliphatic hydroxyl groups is 1. The molecule has 1 aromatic carbocycles. The van der Waals surface area contributed by atoms with Crippen molar-refractivity contribution in [2.45, 2.75) is 95.9 Å². The van der Waals surface area contributed by atoms with E-state index in [1.807, 2.05) is 28.1 Å². The van der Waals surface area contributed by atoms with Crippen molar-refractivity contribution in [3.8, 4) is 5.75 Å². The fourth-order valence-electron chi connectivity index (χ4n) is 5.80. The van der Waals surface area contributed by atoms with Crippen molar-refractivity contribution in [3.05, 3.63) is 46.3 Å². The van der Waals surface area contributed by atoms with Gasteiger partial charge in [-0.05, 0) is 68.6 Å². The van der Waals surface area contributed by atoms with Crippen molar-refractivity contribution < 1.29 is 48.0 Å². The minimum Gasteiger partial charge on any atom is -0.506 e. The van der Waals surface area contributed by atoms with Crippen LogP contribution in [0.1, 0.15) is 74.2 Å². The Kier molecular flexibility index (Phi) is 16.4. The fourth-order valence-corrected chi connectivity index (χ4v) is 6.00. The lowest BCUT2D eigenvalue weighted by atomic mass is 9.96. The number of aromatic hydroxyl groups is 1. The van der Waals surface area contributed by atoms with E-state index >= 15 is 0 Å². The van der Waals surface area contributed by atoms with Gasteiger partial charge in [0.1, 0.15) is 41.7 Å². The number of nitrogens with zero attached hydrogens (tertiary/aromatic N) is 2. The van der Waals surface area contributed by atoms with Crippen molar-refractivity contribution in [3.63, 3.8) is 0 Å². The third-order valence-corrected chi connectivity index (χ3v) is 9.75. The molecule has 0 radical (unpaired) electrons. The van der Waals surface area contributed by atoms with E-state index in [2.05, 4.69) is 31.7 Å². The fraction of sp³-hybridized carbons (Fsp3) is 0.595. The van der Waals surface area contributed by atoms with Gasteiger partial charge >= 0.3 is 0 Å². The Balaban J connectivity index is 1.81. The molecule has 1 fully saturated rings. The highest BCUT2D eigenvalue weighted by atomic mass is 35.5. The quantitative estimate of drug-likeness (QED) is 0.0603. The second-order valence-corrected chi connectivity index (χ2v) is 15.7. The van der Waals surface area contributed by atoms with Crippen LogP contribution in [0, 0.1) is 18.8 Å². The number of rotatable bonds is 22. The lowest BCUT2D eigenvalue weighted by Crippen LogP contribution is -2.61. The third-order valence-electron chi connectivity index (χ3n) is 9.45. The number of halogens is 1. The van der Waals surface area contributed by atoms with Crippen molar-refractivity contribution in [1.29, 1.82) is 0 Å². The Morgan fingerprint density at radius 2 is 1.58 bits per heavy atom. The largest absolute Gasteiger partial charge is 0.506 e. The molecule has 17 nitrogen and oxygen atoms in total. The average Bonchev–Trinajstić information content (AvgIpc) is 3.87. The number of benzene rings is 1. The molecule has 304 valence electrons. The minimum absolute atomic E-state index is 0.0460. The standard InChI is InChI=1S/C37H55ClN8O9/c1-7-20(2)30(36(53)40-25(10-8-9-15-46(4,5)6)33(50)42-28(19-47)32(39)49)43-37(54)31(23-12-13-23)44-34(51)26(18-22-11-14-29(48)24(38)17-22)41-35(52)27-16-21(3)55-45-27/h11,14,16-17,20,23,25-26,28,30-31,47H,7-10,12-13,15,18-19H2,1-6H3,(H7-,39,40,41,42,43,44,48,49,50,51,52,53,54)/p+1/t20-,25-,26?,28-,30?,31-/m0/s1. The lowest BCUT2D eigenvalue weighted by Gasteiger charge is -2.29. The Labute approximate surface area is 326 Å². The molecule has 9 N–H and O–H groups in total. The first-order valence-electron chi connectivity index (χ1n) is 18.5. The maximum atomic E-state index is 14.0. The van der Waals surface area contributed by atoms with Gasteiger partial charge in [-0.15, -0.1) is 0 Å². The Morgan fingerprint density at radius 1 is 0.927 bits per heavy atom. The molecule has 6 amide bonds. The summed E-state index contributed by atoms with van der Waals surface area (Å²) in [6, 6.07) is -0.0998. The number of hydrogen-bond acceptors (Lipinski definition) is 10. The number of aromatic nitrogens is 1. The number of nitrogens with two attached hydrogens (primary N) is 1. The predicted octanol–water partition coefficient (Wildman–Crippen LogP) is 0.433. The van der Waals surface area contributed by atoms with Crippen LogP contribution >= 0.6 is 11.6 Å². The monoisotopic (exact) mass is 791 g/mol. The number of hydrogen-bond donors (Lipinski definition) is 8. The van der Waals surface area contributed by atoms with E-state index in [0.29, 0.717) is 41.5 Å². The van der Waals surface area contributed by atoms with Crippen molar-refractivity contribution in [2.24, 2.45) is 17.6 Å². The summed E-state index contributed by atoms with van der Waals surface area (Å²) < 4.78 is 5.70. The maximum Gasteiger partial charge on any atom is 0.274 e. The van der Waals surface area contributed by atoms with E-state index in [1.165, 1.54) is 18.2 Å². The van der Waals surface area contributed by atoms with Gasteiger partial charge < -0.3 is 51.5 Å². The normalized spacial score (nSPS) is 16.1. The number of amides is 6. The molecule has 2 aromatic rings. The number of aliphatic hydroxyl groups excluding tert-OH is 1. The first-order chi connectivity index (χ1) is 25.8. The number of carbonyl (C=O) groups excluding carboxylic acids is 6. The van der Waals surface area contributed by atoms with Crippen LogP contribution in [-0.2, 0) is 30.4 Å². The summed E-state index contributed by atoms with van der Waals surface area (Å²) in [5, 5.41) is 36.6. The van der Waals surface area contributed by atoms with Crippen molar-refractivity contribution in [2.75, 3.05) is 34.3 Å². The van der Waals surface area contributed by atoms with Gasteiger partial charge in [-0.25, -0.2) is 0 Å². The minimum atomic E-state index is -1.36. The van der Waals surface area contributed by atoms with E-state index in [9.17, 15) is 39.0 Å². The zero-order valence-electron chi connectivity index (χ0n) is 32.3. The SMILES string of the molecule is CC[C@H](C)C(NC(=O)[C@@H](NC(=O)C(Cc1ccc(O)c(Cl)c1)NC(=O)c1cc(C)on1)C1CC1)C(=O)N[C@@H](CCCC[N+](C)(C)C)C(=O)N[C@@H](CO)C(N)=O. The molecule has 1 heterocycles. The summed E-state index contributed by atoms with van der Waals surface area (Å²) in [7, 11) is 6.09. The zero-order chi connectivity index (χ0) is 41.0. The molecule has 6 atom stereocenters. The molecule has 2 unspecified atom stereocenters. The van der Waals surface area contributed by atoms with Gasteiger partial charge in [-0.3, -0.25) is 28.8 Å². The van der Waals surface area contributed by atoms with Crippen LogP contribution in [-0.4, -0.2) is 120 Å². The number of phenolic OH excluding ortho intramolecular Hbond substituents is 1. The van der Waals surface area contributed by atoms with Gasteiger partial charge in [-0.2, -0.15) is 0 Å². The highest BCUT2D eigenvalue weighted by Gasteiger charge is 2.41. The molecule has 0 saturated heterocycles. The summed E-state index contributed by atoms with van der Waals surface area (Å²) in [4.78, 5) is 79.9. The van der Waals surface area contributed by atoms with Crippen LogP contribution in [0.25, 0.3) is 0 Å². The van der Waals surface area contributed by atoms with Gasteiger partial charge in [0.05, 0.1) is 39.3 Å². The number of unbranched alkanes of at least 4 members (excludes halogenated alkanes) is 1. The van der Waals surface area contributed by atoms with Crippen molar-refractivity contribution >= 4 is 47.0 Å². The molecule has 18 heteroatoms. The summed E-state index contributed by atoms with van der Waals surface area (Å²) in [6.45, 7) is 5.29. The molecule has 1 aromatic heterocycles. The highest BCUT2D eigenvalue weighted by Crippen LogP contribution is 2.33. The first kappa shape index (κ1) is 44.7. The van der Waals surface area contributed by atoms with E-state index in [-0.39, 0.29) is 35.2 Å². The predicted molar refractivity (Wildman–Crippen MR) is 202 cm³/mol. The van der Waals surface area contributed by atoms with E-state index in [1.54, 1.807) is 19.9 Å². The number of phenols is 1. The number of carbonyl (C=O) groups is 6. The summed E-state index contributed by atoms with van der Waals surface area (Å²) in [6.07, 6.45) is 3.16. The van der Waals surface area contributed by atoms with Gasteiger partial charge in [0.15, 0.2) is 5.69 Å². The molecular weight excluding hydrogens is 736 g/mol. The Bertz CT molecular complexity index is 1680. The van der Waals surface area contributed by atoms with Gasteiger partial charge in [0, 0.05) is 12.5 Å². The second-order valence-electron chi connectivity index (χ2n) is 15.3. The number of primary amides is 1. The molecule has 0 spiro atoms. The summed E-state index contributed by atoms with van der Waals surface area (Å²) >= 11 is 6.11. The summed E-state index contributed by atoms with van der Waals surface area (Å²) in [5.41, 5.74) is 5.77. The summed E-state index contributed by atoms with van der Waals surface area (Å²) in [5.74, 6) is -4.73. The molecule has 1 aliphatic carbocycles. The van der Waals surface area contributed by atoms with Gasteiger partial charge in [0.25, 0.3) is 5.91 Å². The maximum absolute atomic E-state index is 14.0. The molecule has 1 aliphatic rings. The topological polar surface area (TPSA) is 255 Å². The molecule has 55 heavy (non-hydrogen) atoms. The van der Waals surface area contributed by atoms with E-state index in [0.717, 1.165) is 13.0 Å². The lowest BCUT2D eigenvalue weighted by molar-refractivity contribution is -0.870. The molecule has 0 bridgehead atoms. The van der Waals surface area contributed by atoms with E-state index < -0.39 is 78.2 Å². The molecule has 1 saturated carbocycles. The van der Waals surface area contributed by atoms with E-state index in [4.69, 9.17) is 21.9 Å². The van der Waals surface area contributed by atoms with Crippen LogP contribution in [0.3, 0.4) is 0 Å². The van der Waals surface area contributed by atoms with Crippen LogP contribution in [0.4, 0.5) is 0 Å². The zero-order valence-corrected chi connectivity index (χ0v) is 33.1. The Morgan fingerprint density at radius 3 is 2.13 bits per heavy atom. The van der Waals surface area contributed by atoms with Crippen LogP contribution in [0.2, 0.25) is 5.02 Å². The van der Waals surface area contributed by atoms with Crippen LogP contribution in [0.15, 0.2) is 28.8 Å². The van der Waals surface area contributed by atoms with Gasteiger partial charge in [0.2, 0.25) is 29.5 Å². The molecule has 0 aliphatic heterocycles. The number of quaternary nitrogens is 1. The van der Waals surface area contributed by atoms with Gasteiger partial charge in [-0.1, -0.05) is 43.1 Å². The first-order valence-corrected chi connectivity index (χ1v) is 18.8. The highest BCUT2D eigenvalue weighted by molar-refractivity contribution is 6.32. The van der Waals surface area contributed by atoms with Crippen molar-refractivity contribution in [1.82, 2.24) is 31.7 Å².